The number of allylic oxidation sites excluding steroid dienone is 1. The molecule has 7 heteroatoms. The molecule has 0 spiro atoms. The molecule has 0 atom stereocenters. The first-order valence-electron chi connectivity index (χ1n) is 9.13. The number of hydrogen-bond donors (Lipinski definition) is 2. The van der Waals surface area contributed by atoms with Gasteiger partial charge in [-0.1, -0.05) is 36.4 Å². The van der Waals surface area contributed by atoms with Crippen molar-refractivity contribution >= 4 is 23.7 Å². The van der Waals surface area contributed by atoms with Crippen molar-refractivity contribution in [2.24, 2.45) is 4.99 Å². The SMILES string of the molecule is CC(=CCNC(=NC(=O)OC(C)(C)C)NC(=O)OC(C)(C)C)c1ccccc1. The maximum Gasteiger partial charge on any atom is 0.437 e. The lowest BCUT2D eigenvalue weighted by Crippen LogP contribution is -2.44. The molecular formula is C21H31N3O4. The highest BCUT2D eigenvalue weighted by Crippen LogP contribution is 2.12. The predicted molar refractivity (Wildman–Crippen MR) is 111 cm³/mol. The van der Waals surface area contributed by atoms with E-state index in [2.05, 4.69) is 15.6 Å². The minimum absolute atomic E-state index is 0.0411. The average Bonchev–Trinajstić information content (AvgIpc) is 2.51. The summed E-state index contributed by atoms with van der Waals surface area (Å²) in [4.78, 5) is 27.8. The number of nitrogens with zero attached hydrogens (tertiary/aromatic N) is 1. The Bertz CT molecular complexity index is 726. The molecule has 1 rings (SSSR count). The molecule has 0 bridgehead atoms. The highest BCUT2D eigenvalue weighted by molar-refractivity contribution is 5.99. The van der Waals surface area contributed by atoms with Crippen molar-refractivity contribution in [1.82, 2.24) is 10.6 Å². The monoisotopic (exact) mass is 389 g/mol. The van der Waals surface area contributed by atoms with E-state index in [1.165, 1.54) is 0 Å². The lowest BCUT2D eigenvalue weighted by molar-refractivity contribution is 0.0560. The second-order valence-corrected chi connectivity index (χ2v) is 8.20. The number of carbonyl (C=O) groups excluding carboxylic acids is 2. The second kappa shape index (κ2) is 9.92. The van der Waals surface area contributed by atoms with Crippen LogP contribution in [0.4, 0.5) is 9.59 Å². The zero-order valence-electron chi connectivity index (χ0n) is 17.8. The average molecular weight is 389 g/mol. The molecule has 0 aliphatic carbocycles. The molecule has 1 aromatic carbocycles. The van der Waals surface area contributed by atoms with Crippen LogP contribution in [0.2, 0.25) is 0 Å². The Hall–Kier alpha value is -2.83. The number of alkyl carbamates (subject to hydrolysis) is 1. The molecule has 0 fully saturated rings. The molecule has 1 aromatic rings. The van der Waals surface area contributed by atoms with Crippen molar-refractivity contribution in [1.29, 1.82) is 0 Å². The number of aliphatic imine (C=N–C) groups is 1. The summed E-state index contributed by atoms with van der Waals surface area (Å²) in [6.07, 6.45) is 0.400. The van der Waals surface area contributed by atoms with Crippen LogP contribution in [0.1, 0.15) is 54.0 Å². The normalized spacial score (nSPS) is 13.0. The van der Waals surface area contributed by atoms with Gasteiger partial charge in [-0.05, 0) is 59.6 Å². The van der Waals surface area contributed by atoms with Crippen molar-refractivity contribution in [3.8, 4) is 0 Å². The van der Waals surface area contributed by atoms with E-state index < -0.39 is 23.4 Å². The zero-order valence-corrected chi connectivity index (χ0v) is 17.8. The Balaban J connectivity index is 2.85. The Morgan fingerprint density at radius 2 is 1.57 bits per heavy atom. The van der Waals surface area contributed by atoms with Crippen LogP contribution in [0.25, 0.3) is 5.57 Å². The second-order valence-electron chi connectivity index (χ2n) is 8.20. The third kappa shape index (κ3) is 10.4. The maximum absolute atomic E-state index is 12.0. The molecule has 154 valence electrons. The van der Waals surface area contributed by atoms with Gasteiger partial charge in [0.15, 0.2) is 0 Å². The fourth-order valence-corrected chi connectivity index (χ4v) is 2.01. The largest absolute Gasteiger partial charge is 0.444 e. The van der Waals surface area contributed by atoms with Crippen molar-refractivity contribution in [2.75, 3.05) is 6.54 Å². The quantitative estimate of drug-likeness (QED) is 0.587. The summed E-state index contributed by atoms with van der Waals surface area (Å²) >= 11 is 0. The molecule has 2 amide bonds. The van der Waals surface area contributed by atoms with Crippen molar-refractivity contribution in [3.05, 3.63) is 42.0 Å². The van der Waals surface area contributed by atoms with Gasteiger partial charge in [-0.2, -0.15) is 0 Å². The highest BCUT2D eigenvalue weighted by atomic mass is 16.6. The molecule has 0 aliphatic heterocycles. The lowest BCUT2D eigenvalue weighted by Gasteiger charge is -2.21. The molecule has 0 unspecified atom stereocenters. The van der Waals surface area contributed by atoms with Crippen molar-refractivity contribution in [2.45, 2.75) is 59.7 Å². The predicted octanol–water partition coefficient (Wildman–Crippen LogP) is 4.50. The van der Waals surface area contributed by atoms with E-state index >= 15 is 0 Å². The van der Waals surface area contributed by atoms with Crippen LogP contribution >= 0.6 is 0 Å². The first kappa shape index (κ1) is 23.2. The molecule has 0 aromatic heterocycles. The summed E-state index contributed by atoms with van der Waals surface area (Å²) in [5, 5.41) is 5.37. The van der Waals surface area contributed by atoms with E-state index in [-0.39, 0.29) is 5.96 Å². The molecule has 7 nitrogen and oxygen atoms in total. The smallest absolute Gasteiger partial charge is 0.437 e. The van der Waals surface area contributed by atoms with Crippen molar-refractivity contribution < 1.29 is 19.1 Å². The third-order valence-electron chi connectivity index (χ3n) is 3.12. The Labute approximate surface area is 167 Å². The van der Waals surface area contributed by atoms with Crippen LogP contribution in [0.3, 0.4) is 0 Å². The van der Waals surface area contributed by atoms with Gasteiger partial charge < -0.3 is 14.8 Å². The lowest BCUT2D eigenvalue weighted by atomic mass is 10.1. The number of ether oxygens (including phenoxy) is 2. The fraction of sp³-hybridized carbons (Fsp3) is 0.476. The molecule has 0 aliphatic rings. The van der Waals surface area contributed by atoms with Gasteiger partial charge in [0, 0.05) is 6.54 Å². The van der Waals surface area contributed by atoms with Gasteiger partial charge in [0.2, 0.25) is 5.96 Å². The summed E-state index contributed by atoms with van der Waals surface area (Å²) in [5.74, 6) is -0.0411. The van der Waals surface area contributed by atoms with E-state index in [0.717, 1.165) is 11.1 Å². The maximum atomic E-state index is 12.0. The summed E-state index contributed by atoms with van der Waals surface area (Å²) in [6.45, 7) is 12.8. The van der Waals surface area contributed by atoms with Gasteiger partial charge in [-0.25, -0.2) is 9.59 Å². The minimum atomic E-state index is -0.810. The number of carbonyl (C=O) groups is 2. The van der Waals surface area contributed by atoms with Crippen LogP contribution in [0, 0.1) is 0 Å². The van der Waals surface area contributed by atoms with Gasteiger partial charge in [0.05, 0.1) is 0 Å². The molecule has 0 saturated heterocycles. The van der Waals surface area contributed by atoms with Gasteiger partial charge in [-0.3, -0.25) is 5.32 Å². The Morgan fingerprint density at radius 1 is 1.00 bits per heavy atom. The number of nitrogens with one attached hydrogen (secondary N) is 2. The van der Waals surface area contributed by atoms with Gasteiger partial charge in [-0.15, -0.1) is 4.99 Å². The number of benzene rings is 1. The number of hydrogen-bond acceptors (Lipinski definition) is 4. The van der Waals surface area contributed by atoms with Gasteiger partial charge in [0.1, 0.15) is 11.2 Å². The molecular weight excluding hydrogens is 358 g/mol. The topological polar surface area (TPSA) is 89.0 Å². The van der Waals surface area contributed by atoms with Crippen LogP contribution in [-0.4, -0.2) is 35.9 Å². The van der Waals surface area contributed by atoms with E-state index in [4.69, 9.17) is 9.47 Å². The standard InChI is InChI=1S/C21H31N3O4/c1-15(16-11-9-8-10-12-16)13-14-22-17(23-18(25)27-20(2,3)4)24-19(26)28-21(5,6)7/h8-13H,14H2,1-7H3,(H2,22,23,24,25,26). The molecule has 28 heavy (non-hydrogen) atoms. The number of amides is 2. The van der Waals surface area contributed by atoms with Crippen LogP contribution in [0.5, 0.6) is 0 Å². The number of guanidine groups is 1. The minimum Gasteiger partial charge on any atom is -0.444 e. The summed E-state index contributed by atoms with van der Waals surface area (Å²) in [7, 11) is 0. The van der Waals surface area contributed by atoms with E-state index in [1.54, 1.807) is 41.5 Å². The van der Waals surface area contributed by atoms with Crippen LogP contribution in [0.15, 0.2) is 41.4 Å². The van der Waals surface area contributed by atoms with Crippen LogP contribution in [-0.2, 0) is 9.47 Å². The summed E-state index contributed by atoms with van der Waals surface area (Å²) < 4.78 is 10.4. The highest BCUT2D eigenvalue weighted by Gasteiger charge is 2.20. The zero-order chi connectivity index (χ0) is 21.4. The molecule has 0 saturated carbocycles. The van der Waals surface area contributed by atoms with Gasteiger partial charge in [0.25, 0.3) is 0 Å². The molecule has 0 radical (unpaired) electrons. The fourth-order valence-electron chi connectivity index (χ4n) is 2.01. The summed E-state index contributed by atoms with van der Waals surface area (Å²) in [6, 6.07) is 9.87. The Kier molecular flexibility index (Phi) is 8.22. The van der Waals surface area contributed by atoms with Gasteiger partial charge >= 0.3 is 12.2 Å². The Morgan fingerprint density at radius 3 is 2.11 bits per heavy atom. The van der Waals surface area contributed by atoms with E-state index in [1.807, 2.05) is 43.3 Å². The van der Waals surface area contributed by atoms with Crippen molar-refractivity contribution in [3.63, 3.8) is 0 Å². The van der Waals surface area contributed by atoms with E-state index in [9.17, 15) is 9.59 Å². The number of rotatable bonds is 3. The molecule has 2 N–H and O–H groups in total. The summed E-state index contributed by atoms with van der Waals surface area (Å²) in [5.41, 5.74) is 0.754. The molecule has 0 heterocycles. The van der Waals surface area contributed by atoms with E-state index in [0.29, 0.717) is 6.54 Å². The third-order valence-corrected chi connectivity index (χ3v) is 3.12. The van der Waals surface area contributed by atoms with Crippen LogP contribution < -0.4 is 10.6 Å². The first-order chi connectivity index (χ1) is 12.9. The first-order valence-corrected chi connectivity index (χ1v) is 9.13.